The second-order valence-electron chi connectivity index (χ2n) is 16.0. The van der Waals surface area contributed by atoms with E-state index in [0.29, 0.717) is 19.3 Å². The van der Waals surface area contributed by atoms with Crippen molar-refractivity contribution in [2.24, 2.45) is 0 Å². The smallest absolute Gasteiger partial charge is 0.306 e. The molecule has 0 aliphatic rings. The number of hydrogen-bond donors (Lipinski definition) is 0. The summed E-state index contributed by atoms with van der Waals surface area (Å²) >= 11 is 0. The molecule has 1 atom stereocenters. The molecule has 334 valence electrons. The zero-order valence-corrected chi connectivity index (χ0v) is 38.0. The predicted octanol–water partition coefficient (Wildman–Crippen LogP) is 15.7. The van der Waals surface area contributed by atoms with Crippen LogP contribution in [0.3, 0.4) is 0 Å². The number of allylic oxidation sites excluding steroid dienone is 10. The Labute approximate surface area is 358 Å². The monoisotopic (exact) mass is 811 g/mol. The molecule has 0 aromatic heterocycles. The molecule has 6 heteroatoms. The number of ether oxygens (including phenoxy) is 3. The second-order valence-corrected chi connectivity index (χ2v) is 16.0. The largest absolute Gasteiger partial charge is 0.462 e. The first-order chi connectivity index (χ1) is 28.5. The van der Waals surface area contributed by atoms with Gasteiger partial charge in [-0.05, 0) is 96.3 Å². The molecule has 0 aliphatic carbocycles. The van der Waals surface area contributed by atoms with Crippen molar-refractivity contribution < 1.29 is 28.6 Å². The molecule has 0 aliphatic heterocycles. The fourth-order valence-electron chi connectivity index (χ4n) is 6.49. The number of carbonyl (C=O) groups is 3. The molecular weight excluding hydrogens is 721 g/mol. The van der Waals surface area contributed by atoms with Crippen LogP contribution in [0, 0.1) is 0 Å². The maximum absolute atomic E-state index is 12.7. The molecule has 0 spiro atoms. The summed E-state index contributed by atoms with van der Waals surface area (Å²) in [6.45, 7) is 6.48. The summed E-state index contributed by atoms with van der Waals surface area (Å²) in [5.41, 5.74) is 0. The van der Waals surface area contributed by atoms with Gasteiger partial charge in [0.1, 0.15) is 13.2 Å². The highest BCUT2D eigenvalue weighted by atomic mass is 16.6. The summed E-state index contributed by atoms with van der Waals surface area (Å²) in [5.74, 6) is -0.929. The van der Waals surface area contributed by atoms with Crippen LogP contribution in [0.4, 0.5) is 0 Å². The van der Waals surface area contributed by atoms with Crippen molar-refractivity contribution in [1.29, 1.82) is 0 Å². The van der Waals surface area contributed by atoms with E-state index in [2.05, 4.69) is 81.5 Å². The first-order valence-corrected chi connectivity index (χ1v) is 24.3. The van der Waals surface area contributed by atoms with Crippen LogP contribution >= 0.6 is 0 Å². The van der Waals surface area contributed by atoms with Gasteiger partial charge in [-0.15, -0.1) is 0 Å². The van der Waals surface area contributed by atoms with E-state index >= 15 is 0 Å². The van der Waals surface area contributed by atoms with Crippen molar-refractivity contribution in [3.63, 3.8) is 0 Å². The van der Waals surface area contributed by atoms with Crippen molar-refractivity contribution in [2.45, 2.75) is 239 Å². The highest BCUT2D eigenvalue weighted by Crippen LogP contribution is 2.13. The average molecular weight is 811 g/mol. The van der Waals surface area contributed by atoms with Crippen molar-refractivity contribution in [3.05, 3.63) is 60.8 Å². The summed E-state index contributed by atoms with van der Waals surface area (Å²) in [4.78, 5) is 37.8. The molecule has 0 radical (unpaired) electrons. The van der Waals surface area contributed by atoms with Gasteiger partial charge < -0.3 is 14.2 Å². The van der Waals surface area contributed by atoms with Crippen molar-refractivity contribution in [2.75, 3.05) is 13.2 Å². The minimum absolute atomic E-state index is 0.0895. The molecule has 1 unspecified atom stereocenters. The van der Waals surface area contributed by atoms with Gasteiger partial charge in [0.15, 0.2) is 6.10 Å². The zero-order chi connectivity index (χ0) is 42.3. The lowest BCUT2D eigenvalue weighted by Crippen LogP contribution is -2.30. The van der Waals surface area contributed by atoms with Gasteiger partial charge >= 0.3 is 17.9 Å². The van der Waals surface area contributed by atoms with E-state index < -0.39 is 6.10 Å². The molecule has 0 aromatic carbocycles. The lowest BCUT2D eigenvalue weighted by Gasteiger charge is -2.18. The van der Waals surface area contributed by atoms with Crippen LogP contribution in [0.5, 0.6) is 0 Å². The SMILES string of the molecule is CCC/C=C\CCCCCCCC(=O)OCC(COC(=O)CCCCCCC/C=C\C/C=C\CCCCCC)OC(=O)CCCCCCC/C=C\C/C=C\CCCC. The van der Waals surface area contributed by atoms with Crippen LogP contribution in [0.15, 0.2) is 60.8 Å². The van der Waals surface area contributed by atoms with Gasteiger partial charge in [-0.3, -0.25) is 14.4 Å². The number of esters is 3. The average Bonchev–Trinajstić information content (AvgIpc) is 3.22. The molecule has 0 aromatic rings. The Bertz CT molecular complexity index is 1070. The molecule has 58 heavy (non-hydrogen) atoms. The zero-order valence-electron chi connectivity index (χ0n) is 38.0. The molecule has 0 saturated heterocycles. The van der Waals surface area contributed by atoms with Gasteiger partial charge in [0, 0.05) is 19.3 Å². The van der Waals surface area contributed by atoms with E-state index in [9.17, 15) is 14.4 Å². The Kier molecular flexibility index (Phi) is 44.5. The minimum atomic E-state index is -0.788. The van der Waals surface area contributed by atoms with E-state index in [-0.39, 0.29) is 31.1 Å². The molecule has 0 fully saturated rings. The molecule has 0 amide bonds. The molecule has 6 nitrogen and oxygen atoms in total. The van der Waals surface area contributed by atoms with Crippen molar-refractivity contribution >= 4 is 17.9 Å². The quantitative estimate of drug-likeness (QED) is 0.0264. The van der Waals surface area contributed by atoms with Gasteiger partial charge in [-0.1, -0.05) is 178 Å². The molecular formula is C52H90O6. The summed E-state index contributed by atoms with van der Waals surface area (Å²) in [6.07, 6.45) is 56.3. The number of rotatable bonds is 43. The highest BCUT2D eigenvalue weighted by molar-refractivity contribution is 5.71. The van der Waals surface area contributed by atoms with E-state index in [1.54, 1.807) is 0 Å². The summed E-state index contributed by atoms with van der Waals surface area (Å²) in [7, 11) is 0. The van der Waals surface area contributed by atoms with Crippen LogP contribution in [0.2, 0.25) is 0 Å². The Morgan fingerprint density at radius 2 is 0.672 bits per heavy atom. The Balaban J connectivity index is 4.41. The van der Waals surface area contributed by atoms with Gasteiger partial charge in [-0.2, -0.15) is 0 Å². The third-order valence-electron chi connectivity index (χ3n) is 10.2. The molecule has 0 rings (SSSR count). The van der Waals surface area contributed by atoms with Crippen LogP contribution in [0.1, 0.15) is 233 Å². The maximum Gasteiger partial charge on any atom is 0.306 e. The van der Waals surface area contributed by atoms with Gasteiger partial charge in [-0.25, -0.2) is 0 Å². The summed E-state index contributed by atoms with van der Waals surface area (Å²) in [5, 5.41) is 0. The topological polar surface area (TPSA) is 78.9 Å². The highest BCUT2D eigenvalue weighted by Gasteiger charge is 2.19. The first-order valence-electron chi connectivity index (χ1n) is 24.3. The Morgan fingerprint density at radius 3 is 1.09 bits per heavy atom. The molecule has 0 N–H and O–H groups in total. The van der Waals surface area contributed by atoms with Crippen LogP contribution < -0.4 is 0 Å². The fraction of sp³-hybridized carbons (Fsp3) is 0.750. The van der Waals surface area contributed by atoms with Gasteiger partial charge in [0.05, 0.1) is 0 Å². The van der Waals surface area contributed by atoms with Crippen LogP contribution in [-0.4, -0.2) is 37.2 Å². The van der Waals surface area contributed by atoms with Gasteiger partial charge in [0.25, 0.3) is 0 Å². The first kappa shape index (κ1) is 55.1. The molecule has 0 heterocycles. The van der Waals surface area contributed by atoms with E-state index in [1.807, 2.05) is 0 Å². The minimum Gasteiger partial charge on any atom is -0.462 e. The number of carbonyl (C=O) groups excluding carboxylic acids is 3. The second kappa shape index (κ2) is 46.8. The Morgan fingerprint density at radius 1 is 0.345 bits per heavy atom. The van der Waals surface area contributed by atoms with E-state index in [1.165, 1.54) is 77.0 Å². The normalized spacial score (nSPS) is 12.5. The number of unbranched alkanes of at least 4 members (excludes halogenated alkanes) is 22. The summed E-state index contributed by atoms with van der Waals surface area (Å²) in [6, 6.07) is 0. The molecule has 0 bridgehead atoms. The molecule has 0 saturated carbocycles. The fourth-order valence-corrected chi connectivity index (χ4v) is 6.49. The van der Waals surface area contributed by atoms with Crippen LogP contribution in [-0.2, 0) is 28.6 Å². The van der Waals surface area contributed by atoms with Crippen molar-refractivity contribution in [1.82, 2.24) is 0 Å². The Hall–Kier alpha value is -2.89. The van der Waals surface area contributed by atoms with E-state index in [4.69, 9.17) is 14.2 Å². The van der Waals surface area contributed by atoms with Crippen LogP contribution in [0.25, 0.3) is 0 Å². The van der Waals surface area contributed by atoms with E-state index in [0.717, 1.165) is 116 Å². The van der Waals surface area contributed by atoms with Gasteiger partial charge in [0.2, 0.25) is 0 Å². The third kappa shape index (κ3) is 44.2. The lowest BCUT2D eigenvalue weighted by molar-refractivity contribution is -0.167. The number of hydrogen-bond acceptors (Lipinski definition) is 6. The van der Waals surface area contributed by atoms with Crippen molar-refractivity contribution in [3.8, 4) is 0 Å². The third-order valence-corrected chi connectivity index (χ3v) is 10.2. The maximum atomic E-state index is 12.7. The standard InChI is InChI=1S/C52H90O6/c1-4-7-10-13-16-19-22-24-26-27-29-30-33-36-39-42-45-51(54)57-48-49(47-56-50(53)44-41-38-35-32-21-18-15-12-9-6-3)58-52(55)46-43-40-37-34-31-28-25-23-20-17-14-11-8-5-2/h12,14-15,17,19,22-23,25-27,49H,4-11,13,16,18,20-21,24,28-48H2,1-3H3/b15-12-,17-14-,22-19-,25-23-,27-26-. The summed E-state index contributed by atoms with van der Waals surface area (Å²) < 4.78 is 16.7. The lowest BCUT2D eigenvalue weighted by atomic mass is 10.1. The predicted molar refractivity (Wildman–Crippen MR) is 247 cm³/mol.